The van der Waals surface area contributed by atoms with Crippen molar-refractivity contribution in [2.24, 2.45) is 0 Å². The van der Waals surface area contributed by atoms with Crippen LogP contribution in [0.3, 0.4) is 0 Å². The van der Waals surface area contributed by atoms with Gasteiger partial charge in [-0.15, -0.1) is 0 Å². The van der Waals surface area contributed by atoms with E-state index >= 15 is 0 Å². The van der Waals surface area contributed by atoms with Crippen LogP contribution in [0.15, 0.2) is 12.1 Å². The average Bonchev–Trinajstić information content (AvgIpc) is 2.46. The first-order chi connectivity index (χ1) is 9.88. The number of anilines is 2. The van der Waals surface area contributed by atoms with Crippen LogP contribution in [-0.4, -0.2) is 46.4 Å². The number of carbonyl (C=O) groups excluding carboxylic acids is 1. The van der Waals surface area contributed by atoms with Gasteiger partial charge in [-0.05, 0) is 13.0 Å². The summed E-state index contributed by atoms with van der Waals surface area (Å²) in [5, 5.41) is 34.9. The van der Waals surface area contributed by atoms with Gasteiger partial charge in [0.1, 0.15) is 5.69 Å². The molecule has 1 amide bonds. The molecule has 0 unspecified atom stereocenters. The molecule has 0 spiro atoms. The summed E-state index contributed by atoms with van der Waals surface area (Å²) in [6.07, 6.45) is 0. The molecule has 1 aromatic rings. The predicted octanol–water partition coefficient (Wildman–Crippen LogP) is 0.0809. The van der Waals surface area contributed by atoms with E-state index in [-0.39, 0.29) is 35.3 Å². The second kappa shape index (κ2) is 5.54. The summed E-state index contributed by atoms with van der Waals surface area (Å²) in [6.45, 7) is 0.439. The summed E-state index contributed by atoms with van der Waals surface area (Å²) >= 11 is 0. The van der Waals surface area contributed by atoms with Gasteiger partial charge in [0.25, 0.3) is 11.6 Å². The molecule has 1 aromatic carbocycles. The van der Waals surface area contributed by atoms with E-state index in [0.717, 1.165) is 0 Å². The highest BCUT2D eigenvalue weighted by atomic mass is 16.6. The molecule has 9 heteroatoms. The Labute approximate surface area is 119 Å². The van der Waals surface area contributed by atoms with Crippen LogP contribution in [-0.2, 0) is 4.79 Å². The monoisotopic (exact) mass is 297 g/mol. The first kappa shape index (κ1) is 15.0. The third-order valence-electron chi connectivity index (χ3n) is 3.06. The molecule has 114 valence electrons. The minimum Gasteiger partial charge on any atom is -0.481 e. The van der Waals surface area contributed by atoms with E-state index in [2.05, 4.69) is 10.6 Å². The number of amides is 1. The largest absolute Gasteiger partial charge is 0.481 e. The molecule has 1 aliphatic heterocycles. The number of ether oxygens (including phenoxy) is 1. The maximum Gasteiger partial charge on any atom is 0.296 e. The molecule has 1 heterocycles. The fourth-order valence-corrected chi connectivity index (χ4v) is 1.82. The van der Waals surface area contributed by atoms with Gasteiger partial charge in [0.15, 0.2) is 12.4 Å². The molecule has 0 atom stereocenters. The Bertz CT molecular complexity index is 585. The lowest BCUT2D eigenvalue weighted by Gasteiger charge is -2.28. The van der Waals surface area contributed by atoms with Crippen molar-refractivity contribution >= 4 is 23.0 Å². The zero-order valence-corrected chi connectivity index (χ0v) is 11.3. The Balaban J connectivity index is 2.45. The molecule has 0 aromatic heterocycles. The number of aliphatic hydroxyl groups is 2. The minimum absolute atomic E-state index is 0.0650. The molecule has 0 bridgehead atoms. The molecule has 0 saturated carbocycles. The summed E-state index contributed by atoms with van der Waals surface area (Å²) in [7, 11) is 0. The second-order valence-corrected chi connectivity index (χ2v) is 4.96. The van der Waals surface area contributed by atoms with Crippen molar-refractivity contribution in [3.8, 4) is 5.75 Å². The Morgan fingerprint density at radius 3 is 2.71 bits per heavy atom. The lowest BCUT2D eigenvalue weighted by atomic mass is 10.0. The number of carbonyl (C=O) groups is 1. The highest BCUT2D eigenvalue weighted by molar-refractivity contribution is 5.96. The fraction of sp³-hybridized carbons (Fsp3) is 0.417. The smallest absolute Gasteiger partial charge is 0.296 e. The average molecular weight is 297 g/mol. The first-order valence-electron chi connectivity index (χ1n) is 6.13. The van der Waals surface area contributed by atoms with Gasteiger partial charge in [-0.25, -0.2) is 0 Å². The van der Waals surface area contributed by atoms with E-state index < -0.39 is 23.7 Å². The van der Waals surface area contributed by atoms with Crippen molar-refractivity contribution in [3.05, 3.63) is 22.2 Å². The van der Waals surface area contributed by atoms with Gasteiger partial charge in [0.05, 0.1) is 35.4 Å². The Hall–Kier alpha value is -2.39. The number of nitro benzene ring substituents is 1. The van der Waals surface area contributed by atoms with E-state index in [1.54, 1.807) is 0 Å². The molecular formula is C12H15N3O6. The van der Waals surface area contributed by atoms with Crippen LogP contribution in [0.1, 0.15) is 6.92 Å². The van der Waals surface area contributed by atoms with E-state index in [1.807, 2.05) is 0 Å². The molecule has 1 aliphatic rings. The lowest BCUT2D eigenvalue weighted by Crippen LogP contribution is -2.42. The number of nitrogens with one attached hydrogen (secondary N) is 2. The number of hydrogen-bond donors (Lipinski definition) is 4. The van der Waals surface area contributed by atoms with Crippen LogP contribution < -0.4 is 15.4 Å². The fourth-order valence-electron chi connectivity index (χ4n) is 1.82. The second-order valence-electron chi connectivity index (χ2n) is 4.96. The zero-order chi connectivity index (χ0) is 15.6. The number of aliphatic hydroxyl groups excluding tert-OH is 2. The number of hydrogen-bond acceptors (Lipinski definition) is 7. The standard InChI is InChI=1S/C12H15N3O6/c1-12(5-16,6-17)14-7-2-8-10(3-9(7)15(19)20)21-4-11(18)13-8/h2-3,14,16-17H,4-6H2,1H3,(H,13,18). The van der Waals surface area contributed by atoms with Crippen LogP contribution in [0.25, 0.3) is 0 Å². The van der Waals surface area contributed by atoms with Crippen molar-refractivity contribution in [1.82, 2.24) is 0 Å². The van der Waals surface area contributed by atoms with E-state index in [0.29, 0.717) is 0 Å². The minimum atomic E-state index is -1.14. The number of nitro groups is 1. The molecule has 21 heavy (non-hydrogen) atoms. The van der Waals surface area contributed by atoms with Crippen LogP contribution >= 0.6 is 0 Å². The normalized spacial score (nSPS) is 14.0. The van der Waals surface area contributed by atoms with E-state index in [1.165, 1.54) is 19.1 Å². The maximum atomic E-state index is 11.3. The molecule has 9 nitrogen and oxygen atoms in total. The molecule has 0 saturated heterocycles. The number of benzene rings is 1. The predicted molar refractivity (Wildman–Crippen MR) is 73.4 cm³/mol. The molecule has 0 fully saturated rings. The summed E-state index contributed by atoms with van der Waals surface area (Å²) in [4.78, 5) is 21.8. The van der Waals surface area contributed by atoms with Crippen molar-refractivity contribution < 1.29 is 24.7 Å². The van der Waals surface area contributed by atoms with Crippen LogP contribution in [0.4, 0.5) is 17.1 Å². The Morgan fingerprint density at radius 2 is 2.14 bits per heavy atom. The van der Waals surface area contributed by atoms with Crippen LogP contribution in [0, 0.1) is 10.1 Å². The van der Waals surface area contributed by atoms with Crippen molar-refractivity contribution in [3.63, 3.8) is 0 Å². The van der Waals surface area contributed by atoms with Crippen molar-refractivity contribution in [2.75, 3.05) is 30.5 Å². The lowest BCUT2D eigenvalue weighted by molar-refractivity contribution is -0.384. The molecule has 0 radical (unpaired) electrons. The molecular weight excluding hydrogens is 282 g/mol. The van der Waals surface area contributed by atoms with E-state index in [9.17, 15) is 25.1 Å². The topological polar surface area (TPSA) is 134 Å². The summed E-state index contributed by atoms with van der Waals surface area (Å²) in [5.41, 5.74) is -1.07. The number of fused-ring (bicyclic) bond motifs is 1. The zero-order valence-electron chi connectivity index (χ0n) is 11.3. The van der Waals surface area contributed by atoms with Gasteiger partial charge in [0, 0.05) is 0 Å². The third-order valence-corrected chi connectivity index (χ3v) is 3.06. The number of nitrogens with zero attached hydrogens (tertiary/aromatic N) is 1. The van der Waals surface area contributed by atoms with E-state index in [4.69, 9.17) is 4.74 Å². The SMILES string of the molecule is CC(CO)(CO)Nc1cc2c(cc1[N+](=O)[O-])OCC(=O)N2. The molecule has 4 N–H and O–H groups in total. The van der Waals surface area contributed by atoms with Crippen molar-refractivity contribution in [2.45, 2.75) is 12.5 Å². The van der Waals surface area contributed by atoms with Gasteiger partial charge in [-0.1, -0.05) is 0 Å². The highest BCUT2D eigenvalue weighted by Gasteiger charge is 2.29. The summed E-state index contributed by atoms with van der Waals surface area (Å²) in [6, 6.07) is 2.53. The molecule has 2 rings (SSSR count). The summed E-state index contributed by atoms with van der Waals surface area (Å²) < 4.78 is 5.12. The van der Waals surface area contributed by atoms with Gasteiger partial charge in [0.2, 0.25) is 0 Å². The Morgan fingerprint density at radius 1 is 1.48 bits per heavy atom. The Kier molecular flexibility index (Phi) is 3.96. The van der Waals surface area contributed by atoms with Crippen molar-refractivity contribution in [1.29, 1.82) is 0 Å². The quantitative estimate of drug-likeness (QED) is 0.446. The number of rotatable bonds is 5. The molecule has 0 aliphatic carbocycles. The maximum absolute atomic E-state index is 11.3. The van der Waals surface area contributed by atoms with Crippen LogP contribution in [0.5, 0.6) is 5.75 Å². The van der Waals surface area contributed by atoms with Crippen LogP contribution in [0.2, 0.25) is 0 Å². The van der Waals surface area contributed by atoms with Gasteiger partial charge < -0.3 is 25.6 Å². The van der Waals surface area contributed by atoms with Gasteiger partial charge in [-0.3, -0.25) is 14.9 Å². The third kappa shape index (κ3) is 3.03. The first-order valence-corrected chi connectivity index (χ1v) is 6.13. The van der Waals surface area contributed by atoms with Gasteiger partial charge >= 0.3 is 0 Å². The van der Waals surface area contributed by atoms with Gasteiger partial charge in [-0.2, -0.15) is 0 Å². The summed E-state index contributed by atoms with van der Waals surface area (Å²) in [5.74, 6) is -0.170. The highest BCUT2D eigenvalue weighted by Crippen LogP contribution is 2.38.